The molecule has 0 atom stereocenters. The van der Waals surface area contributed by atoms with Crippen LogP contribution in [0, 0.1) is 0 Å². The Balaban J connectivity index is 2.63. The first-order chi connectivity index (χ1) is 10.3. The summed E-state index contributed by atoms with van der Waals surface area (Å²) in [6.45, 7) is 17.0. The molecule has 0 aromatic carbocycles. The minimum atomic E-state index is -0.441. The smallest absolute Gasteiger partial charge is 0.410 e. The Labute approximate surface area is 135 Å². The lowest BCUT2D eigenvalue weighted by Crippen LogP contribution is -2.46. The predicted molar refractivity (Wildman–Crippen MR) is 91.4 cm³/mol. The fourth-order valence-corrected chi connectivity index (χ4v) is 2.68. The molecule has 0 spiro atoms. The number of likely N-dealkylation sites (tertiary alicyclic amines) is 1. The van der Waals surface area contributed by atoms with Crippen LogP contribution in [0.1, 0.15) is 47.0 Å². The average Bonchev–Trinajstić information content (AvgIpc) is 2.46. The van der Waals surface area contributed by atoms with E-state index in [9.17, 15) is 4.79 Å². The van der Waals surface area contributed by atoms with Gasteiger partial charge in [-0.1, -0.05) is 26.2 Å². The molecular weight excluding hydrogens is 276 g/mol. The molecule has 0 aromatic heterocycles. The van der Waals surface area contributed by atoms with Gasteiger partial charge in [0, 0.05) is 24.8 Å². The van der Waals surface area contributed by atoms with E-state index >= 15 is 0 Å². The highest BCUT2D eigenvalue weighted by atomic mass is 16.6. The van der Waals surface area contributed by atoms with Gasteiger partial charge >= 0.3 is 6.09 Å². The summed E-state index contributed by atoms with van der Waals surface area (Å²) >= 11 is 0. The van der Waals surface area contributed by atoms with Crippen molar-refractivity contribution in [3.05, 3.63) is 37.2 Å². The first kappa shape index (κ1) is 18.3. The molecule has 124 valence electrons. The van der Waals surface area contributed by atoms with Crippen molar-refractivity contribution >= 4 is 6.09 Å². The molecule has 4 heteroatoms. The first-order valence-electron chi connectivity index (χ1n) is 8.02. The topological polar surface area (TPSA) is 32.8 Å². The van der Waals surface area contributed by atoms with Gasteiger partial charge in [-0.2, -0.15) is 0 Å². The number of piperidine rings is 1. The fourth-order valence-electron chi connectivity index (χ4n) is 2.68. The number of nitrogens with zero attached hydrogens (tertiary/aromatic N) is 2. The Morgan fingerprint density at radius 2 is 1.91 bits per heavy atom. The Kier molecular flexibility index (Phi) is 6.72. The molecule has 0 unspecified atom stereocenters. The molecule has 1 fully saturated rings. The maximum atomic E-state index is 12.1. The van der Waals surface area contributed by atoms with E-state index in [1.54, 1.807) is 4.90 Å². The van der Waals surface area contributed by atoms with Crippen molar-refractivity contribution in [2.75, 3.05) is 13.1 Å². The van der Waals surface area contributed by atoms with Gasteiger partial charge in [-0.15, -0.1) is 0 Å². The molecule has 22 heavy (non-hydrogen) atoms. The number of carbonyl (C=O) groups excluding carboxylic acids is 1. The lowest BCUT2D eigenvalue weighted by atomic mass is 10.0. The molecule has 1 heterocycles. The van der Waals surface area contributed by atoms with Crippen molar-refractivity contribution in [2.45, 2.75) is 58.6 Å². The number of carbonyl (C=O) groups is 1. The van der Waals surface area contributed by atoms with Crippen molar-refractivity contribution in [1.82, 2.24) is 9.80 Å². The Bertz CT molecular complexity index is 427. The third kappa shape index (κ3) is 5.24. The van der Waals surface area contributed by atoms with Crippen LogP contribution in [0.25, 0.3) is 0 Å². The number of amides is 1. The van der Waals surface area contributed by atoms with Crippen LogP contribution in [0.2, 0.25) is 0 Å². The number of ether oxygens (including phenoxy) is 1. The van der Waals surface area contributed by atoms with E-state index in [0.29, 0.717) is 6.04 Å². The Morgan fingerprint density at radius 1 is 1.32 bits per heavy atom. The SMILES string of the molecule is C=C/C=C(\CC)N(C=C)C1CCN(C(=O)OC(C)(C)C)CC1. The summed E-state index contributed by atoms with van der Waals surface area (Å²) in [7, 11) is 0. The van der Waals surface area contributed by atoms with Gasteiger partial charge in [0.05, 0.1) is 0 Å². The summed E-state index contributed by atoms with van der Waals surface area (Å²) in [5.41, 5.74) is 0.768. The van der Waals surface area contributed by atoms with Gasteiger partial charge in [-0.3, -0.25) is 0 Å². The maximum absolute atomic E-state index is 12.1. The molecule has 1 saturated heterocycles. The molecule has 1 rings (SSSR count). The molecule has 0 bridgehead atoms. The molecule has 0 radical (unpaired) electrons. The van der Waals surface area contributed by atoms with Crippen LogP contribution in [0.15, 0.2) is 37.2 Å². The normalized spacial score (nSPS) is 17.1. The number of hydrogen-bond acceptors (Lipinski definition) is 3. The van der Waals surface area contributed by atoms with Crippen LogP contribution in [0.3, 0.4) is 0 Å². The second kappa shape index (κ2) is 8.06. The van der Waals surface area contributed by atoms with E-state index < -0.39 is 5.60 Å². The van der Waals surface area contributed by atoms with Gasteiger partial charge in [0.25, 0.3) is 0 Å². The monoisotopic (exact) mass is 306 g/mol. The van der Waals surface area contributed by atoms with Crippen molar-refractivity contribution in [3.63, 3.8) is 0 Å². The van der Waals surface area contributed by atoms with E-state index in [4.69, 9.17) is 4.74 Å². The molecule has 1 aliphatic heterocycles. The second-order valence-corrected chi connectivity index (χ2v) is 6.54. The fraction of sp³-hybridized carbons (Fsp3) is 0.611. The van der Waals surface area contributed by atoms with Gasteiger partial charge in [0.1, 0.15) is 5.60 Å². The van der Waals surface area contributed by atoms with Gasteiger partial charge in [-0.25, -0.2) is 4.79 Å². The molecular formula is C18H30N2O2. The third-order valence-corrected chi connectivity index (χ3v) is 3.71. The van der Waals surface area contributed by atoms with Crippen molar-refractivity contribution < 1.29 is 9.53 Å². The summed E-state index contributed by atoms with van der Waals surface area (Å²) in [6.07, 6.45) is 8.28. The van der Waals surface area contributed by atoms with Crippen LogP contribution in [0.4, 0.5) is 4.79 Å². The zero-order chi connectivity index (χ0) is 16.8. The zero-order valence-electron chi connectivity index (χ0n) is 14.5. The summed E-state index contributed by atoms with van der Waals surface area (Å²) < 4.78 is 5.44. The standard InChI is InChI=1S/C18H30N2O2/c1-7-10-15(8-2)20(9-3)16-11-13-19(14-12-16)17(21)22-18(4,5)6/h7,9-10,16H,1,3,8,11-14H2,2,4-6H3/b15-10+. The maximum Gasteiger partial charge on any atom is 0.410 e. The average molecular weight is 306 g/mol. The molecule has 0 N–H and O–H groups in total. The molecule has 4 nitrogen and oxygen atoms in total. The lowest BCUT2D eigenvalue weighted by Gasteiger charge is -2.39. The number of hydrogen-bond donors (Lipinski definition) is 0. The highest BCUT2D eigenvalue weighted by Gasteiger charge is 2.29. The Morgan fingerprint density at radius 3 is 2.32 bits per heavy atom. The molecule has 0 saturated carbocycles. The van der Waals surface area contributed by atoms with Crippen LogP contribution in [-0.4, -0.2) is 40.6 Å². The minimum absolute atomic E-state index is 0.214. The first-order valence-corrected chi connectivity index (χ1v) is 8.02. The lowest BCUT2D eigenvalue weighted by molar-refractivity contribution is 0.0175. The summed E-state index contributed by atoms with van der Waals surface area (Å²) in [6, 6.07) is 0.377. The summed E-state index contributed by atoms with van der Waals surface area (Å²) in [4.78, 5) is 16.1. The van der Waals surface area contributed by atoms with E-state index in [0.717, 1.165) is 32.4 Å². The molecule has 0 aliphatic carbocycles. The van der Waals surface area contributed by atoms with E-state index in [2.05, 4.69) is 25.0 Å². The molecule has 1 amide bonds. The zero-order valence-corrected chi connectivity index (χ0v) is 14.5. The Hall–Kier alpha value is -1.71. The largest absolute Gasteiger partial charge is 0.444 e. The van der Waals surface area contributed by atoms with Crippen molar-refractivity contribution in [2.24, 2.45) is 0 Å². The molecule has 1 aliphatic rings. The van der Waals surface area contributed by atoms with Gasteiger partial charge in [0.15, 0.2) is 0 Å². The van der Waals surface area contributed by atoms with E-state index in [1.807, 2.05) is 39.1 Å². The predicted octanol–water partition coefficient (Wildman–Crippen LogP) is 4.31. The van der Waals surface area contributed by atoms with Crippen LogP contribution < -0.4 is 0 Å². The van der Waals surface area contributed by atoms with Crippen LogP contribution >= 0.6 is 0 Å². The number of rotatable bonds is 5. The molecule has 0 aromatic rings. The van der Waals surface area contributed by atoms with Crippen molar-refractivity contribution in [1.29, 1.82) is 0 Å². The third-order valence-electron chi connectivity index (χ3n) is 3.71. The summed E-state index contributed by atoms with van der Waals surface area (Å²) in [5.74, 6) is 0. The van der Waals surface area contributed by atoms with Gasteiger partial charge in [0.2, 0.25) is 0 Å². The number of allylic oxidation sites excluding steroid dienone is 3. The quantitative estimate of drug-likeness (QED) is 0.709. The minimum Gasteiger partial charge on any atom is -0.444 e. The summed E-state index contributed by atoms with van der Waals surface area (Å²) in [5, 5.41) is 0. The van der Waals surface area contributed by atoms with Crippen LogP contribution in [-0.2, 0) is 4.74 Å². The van der Waals surface area contributed by atoms with Gasteiger partial charge in [-0.05, 0) is 52.3 Å². The van der Waals surface area contributed by atoms with Crippen molar-refractivity contribution in [3.8, 4) is 0 Å². The van der Waals surface area contributed by atoms with E-state index in [1.165, 1.54) is 5.70 Å². The van der Waals surface area contributed by atoms with E-state index in [-0.39, 0.29) is 6.09 Å². The highest BCUT2D eigenvalue weighted by Crippen LogP contribution is 2.23. The van der Waals surface area contributed by atoms with Gasteiger partial charge < -0.3 is 14.5 Å². The highest BCUT2D eigenvalue weighted by molar-refractivity contribution is 5.68. The second-order valence-electron chi connectivity index (χ2n) is 6.54. The van der Waals surface area contributed by atoms with Crippen LogP contribution in [0.5, 0.6) is 0 Å².